The lowest BCUT2D eigenvalue weighted by Crippen LogP contribution is -2.47. The van der Waals surface area contributed by atoms with E-state index in [0.717, 1.165) is 12.8 Å². The first-order chi connectivity index (χ1) is 9.04. The summed E-state index contributed by atoms with van der Waals surface area (Å²) >= 11 is 0. The third-order valence-corrected chi connectivity index (χ3v) is 3.78. The molecule has 104 valence electrons. The number of aromatic hydroxyl groups is 1. The van der Waals surface area contributed by atoms with E-state index < -0.39 is 11.7 Å². The summed E-state index contributed by atoms with van der Waals surface area (Å²) < 4.78 is 13.7. The molecule has 2 rings (SSSR count). The minimum Gasteiger partial charge on any atom is -0.507 e. The van der Waals surface area contributed by atoms with Gasteiger partial charge in [0.1, 0.15) is 17.1 Å². The standard InChI is InChI=1S/C14H19FN2O2/c1-9-5-6-10(7-16)8-17(9)14(19)13-11(15)3-2-4-12(13)18/h2-4,9-10,18H,5-8,16H2,1H3. The monoisotopic (exact) mass is 266 g/mol. The highest BCUT2D eigenvalue weighted by Crippen LogP contribution is 2.27. The Hall–Kier alpha value is -1.62. The van der Waals surface area contributed by atoms with Crippen LogP contribution in [0.1, 0.15) is 30.1 Å². The number of phenols is 1. The maximum atomic E-state index is 13.7. The van der Waals surface area contributed by atoms with E-state index in [1.54, 1.807) is 4.90 Å². The molecule has 5 heteroatoms. The fourth-order valence-electron chi connectivity index (χ4n) is 2.53. The maximum Gasteiger partial charge on any atom is 0.260 e. The summed E-state index contributed by atoms with van der Waals surface area (Å²) in [7, 11) is 0. The lowest BCUT2D eigenvalue weighted by molar-refractivity contribution is 0.0559. The van der Waals surface area contributed by atoms with Gasteiger partial charge in [-0.05, 0) is 44.4 Å². The van der Waals surface area contributed by atoms with E-state index in [-0.39, 0.29) is 23.3 Å². The molecule has 2 unspecified atom stereocenters. The van der Waals surface area contributed by atoms with E-state index in [2.05, 4.69) is 0 Å². The first-order valence-electron chi connectivity index (χ1n) is 6.53. The van der Waals surface area contributed by atoms with Gasteiger partial charge in [-0.15, -0.1) is 0 Å². The second-order valence-corrected chi connectivity index (χ2v) is 5.12. The van der Waals surface area contributed by atoms with E-state index in [9.17, 15) is 14.3 Å². The van der Waals surface area contributed by atoms with Gasteiger partial charge in [-0.25, -0.2) is 4.39 Å². The SMILES string of the molecule is CC1CCC(CN)CN1C(=O)c1c(O)cccc1F. The average Bonchev–Trinajstić information content (AvgIpc) is 2.39. The summed E-state index contributed by atoms with van der Waals surface area (Å²) in [5.74, 6) is -1.21. The topological polar surface area (TPSA) is 66.6 Å². The van der Waals surface area contributed by atoms with E-state index in [0.29, 0.717) is 13.1 Å². The third kappa shape index (κ3) is 2.71. The summed E-state index contributed by atoms with van der Waals surface area (Å²) in [5.41, 5.74) is 5.40. The van der Waals surface area contributed by atoms with Gasteiger partial charge in [0.25, 0.3) is 5.91 Å². The number of hydrogen-bond acceptors (Lipinski definition) is 3. The number of benzene rings is 1. The van der Waals surface area contributed by atoms with Gasteiger partial charge in [0.15, 0.2) is 0 Å². The van der Waals surface area contributed by atoms with Crippen LogP contribution in [-0.2, 0) is 0 Å². The van der Waals surface area contributed by atoms with Crippen LogP contribution in [0, 0.1) is 11.7 Å². The molecule has 1 fully saturated rings. The van der Waals surface area contributed by atoms with Gasteiger partial charge in [-0.3, -0.25) is 4.79 Å². The molecule has 1 aliphatic rings. The molecule has 0 aliphatic carbocycles. The Morgan fingerprint density at radius 3 is 2.89 bits per heavy atom. The Morgan fingerprint density at radius 2 is 2.26 bits per heavy atom. The van der Waals surface area contributed by atoms with Crippen molar-refractivity contribution in [3.63, 3.8) is 0 Å². The number of carbonyl (C=O) groups is 1. The summed E-state index contributed by atoms with van der Waals surface area (Å²) in [4.78, 5) is 14.0. The van der Waals surface area contributed by atoms with Gasteiger partial charge < -0.3 is 15.7 Å². The number of rotatable bonds is 2. The quantitative estimate of drug-likeness (QED) is 0.856. The van der Waals surface area contributed by atoms with E-state index in [4.69, 9.17) is 5.73 Å². The van der Waals surface area contributed by atoms with Crippen molar-refractivity contribution in [1.82, 2.24) is 4.90 Å². The zero-order chi connectivity index (χ0) is 14.0. The van der Waals surface area contributed by atoms with Crippen LogP contribution in [0.25, 0.3) is 0 Å². The molecule has 4 nitrogen and oxygen atoms in total. The van der Waals surface area contributed by atoms with Crippen molar-refractivity contribution in [2.75, 3.05) is 13.1 Å². The smallest absolute Gasteiger partial charge is 0.260 e. The summed E-state index contributed by atoms with van der Waals surface area (Å²) in [6.45, 7) is 2.96. The molecule has 2 atom stereocenters. The van der Waals surface area contributed by atoms with Gasteiger partial charge in [0.2, 0.25) is 0 Å². The highest BCUT2D eigenvalue weighted by Gasteiger charge is 2.31. The molecule has 1 aromatic rings. The highest BCUT2D eigenvalue weighted by molar-refractivity contribution is 5.97. The molecule has 0 aromatic heterocycles. The number of nitrogens with zero attached hydrogens (tertiary/aromatic N) is 1. The number of carbonyl (C=O) groups excluding carboxylic acids is 1. The van der Waals surface area contributed by atoms with Crippen molar-refractivity contribution in [1.29, 1.82) is 0 Å². The second-order valence-electron chi connectivity index (χ2n) is 5.12. The van der Waals surface area contributed by atoms with Crippen LogP contribution in [-0.4, -0.2) is 35.0 Å². The van der Waals surface area contributed by atoms with Gasteiger partial charge >= 0.3 is 0 Å². The molecule has 1 amide bonds. The summed E-state index contributed by atoms with van der Waals surface area (Å²) in [6.07, 6.45) is 1.83. The molecule has 1 saturated heterocycles. The predicted octanol–water partition coefficient (Wildman–Crippen LogP) is 1.73. The Labute approximate surface area is 112 Å². The van der Waals surface area contributed by atoms with Crippen LogP contribution < -0.4 is 5.73 Å². The summed E-state index contributed by atoms with van der Waals surface area (Å²) in [6, 6.07) is 3.92. The first-order valence-corrected chi connectivity index (χ1v) is 6.53. The third-order valence-electron chi connectivity index (χ3n) is 3.78. The van der Waals surface area contributed by atoms with Crippen LogP contribution in [0.3, 0.4) is 0 Å². The lowest BCUT2D eigenvalue weighted by Gasteiger charge is -2.37. The Kier molecular flexibility index (Phi) is 4.04. The molecular weight excluding hydrogens is 247 g/mol. The normalized spacial score (nSPS) is 23.4. The fraction of sp³-hybridized carbons (Fsp3) is 0.500. The zero-order valence-corrected chi connectivity index (χ0v) is 11.0. The molecule has 19 heavy (non-hydrogen) atoms. The molecule has 0 saturated carbocycles. The Balaban J connectivity index is 2.27. The van der Waals surface area contributed by atoms with Crippen LogP contribution in [0.5, 0.6) is 5.75 Å². The Bertz CT molecular complexity index is 458. The summed E-state index contributed by atoms with van der Waals surface area (Å²) in [5, 5.41) is 9.69. The van der Waals surface area contributed by atoms with Crippen molar-refractivity contribution in [3.8, 4) is 5.75 Å². The van der Waals surface area contributed by atoms with Crippen molar-refractivity contribution < 1.29 is 14.3 Å². The van der Waals surface area contributed by atoms with E-state index in [1.165, 1.54) is 18.2 Å². The molecule has 0 bridgehead atoms. The highest BCUT2D eigenvalue weighted by atomic mass is 19.1. The number of halogens is 1. The van der Waals surface area contributed by atoms with E-state index >= 15 is 0 Å². The van der Waals surface area contributed by atoms with Crippen molar-refractivity contribution in [2.45, 2.75) is 25.8 Å². The molecular formula is C14H19FN2O2. The zero-order valence-electron chi connectivity index (χ0n) is 11.0. The predicted molar refractivity (Wildman–Crippen MR) is 70.3 cm³/mol. The largest absolute Gasteiger partial charge is 0.507 e. The number of hydrogen-bond donors (Lipinski definition) is 2. The van der Waals surface area contributed by atoms with Gasteiger partial charge in [0.05, 0.1) is 0 Å². The molecule has 0 spiro atoms. The van der Waals surface area contributed by atoms with Crippen LogP contribution >= 0.6 is 0 Å². The number of nitrogens with two attached hydrogens (primary N) is 1. The van der Waals surface area contributed by atoms with Crippen molar-refractivity contribution >= 4 is 5.91 Å². The van der Waals surface area contributed by atoms with Crippen LogP contribution in [0.15, 0.2) is 18.2 Å². The molecule has 3 N–H and O–H groups in total. The van der Waals surface area contributed by atoms with Gasteiger partial charge in [-0.2, -0.15) is 0 Å². The minimum atomic E-state index is -0.688. The number of amides is 1. The number of likely N-dealkylation sites (tertiary alicyclic amines) is 1. The van der Waals surface area contributed by atoms with Crippen LogP contribution in [0.2, 0.25) is 0 Å². The first kappa shape index (κ1) is 13.8. The Morgan fingerprint density at radius 1 is 1.53 bits per heavy atom. The molecule has 1 aromatic carbocycles. The van der Waals surface area contributed by atoms with Gasteiger partial charge in [0, 0.05) is 12.6 Å². The lowest BCUT2D eigenvalue weighted by atomic mass is 9.93. The number of piperidine rings is 1. The fourth-order valence-corrected chi connectivity index (χ4v) is 2.53. The molecule has 0 radical (unpaired) electrons. The van der Waals surface area contributed by atoms with Crippen LogP contribution in [0.4, 0.5) is 4.39 Å². The molecule has 1 aliphatic heterocycles. The average molecular weight is 266 g/mol. The molecule has 1 heterocycles. The minimum absolute atomic E-state index is 0.0364. The van der Waals surface area contributed by atoms with Crippen molar-refractivity contribution in [3.05, 3.63) is 29.6 Å². The van der Waals surface area contributed by atoms with E-state index in [1.807, 2.05) is 6.92 Å². The van der Waals surface area contributed by atoms with Gasteiger partial charge in [-0.1, -0.05) is 6.07 Å². The van der Waals surface area contributed by atoms with Crippen molar-refractivity contribution in [2.24, 2.45) is 11.7 Å². The number of phenolic OH excluding ortho intramolecular Hbond substituents is 1. The second kappa shape index (κ2) is 5.57. The maximum absolute atomic E-state index is 13.7.